The molecule has 1 amide bonds. The van der Waals surface area contributed by atoms with Gasteiger partial charge in [-0.25, -0.2) is 0 Å². The SMILES string of the molecule is CCN(C)C(=O)C(CC=O)C(C)C. The van der Waals surface area contributed by atoms with Crippen LogP contribution in [0.1, 0.15) is 27.2 Å². The third kappa shape index (κ3) is 3.57. The molecule has 0 aliphatic carbocycles. The van der Waals surface area contributed by atoms with Gasteiger partial charge in [-0.3, -0.25) is 4.79 Å². The van der Waals surface area contributed by atoms with Crippen LogP contribution in [-0.4, -0.2) is 30.7 Å². The van der Waals surface area contributed by atoms with Gasteiger partial charge in [-0.05, 0) is 12.8 Å². The fourth-order valence-electron chi connectivity index (χ4n) is 1.20. The highest BCUT2D eigenvalue weighted by Crippen LogP contribution is 2.16. The van der Waals surface area contributed by atoms with Crippen molar-refractivity contribution in [3.8, 4) is 0 Å². The number of carbonyl (C=O) groups excluding carboxylic acids is 2. The number of amides is 1. The molecule has 1 atom stereocenters. The third-order valence-corrected chi connectivity index (χ3v) is 2.32. The standard InChI is InChI=1S/C10H19NO2/c1-5-11(4)10(13)9(6-7-12)8(2)3/h7-9H,5-6H2,1-4H3. The Morgan fingerprint density at radius 3 is 2.31 bits per heavy atom. The Kier molecular flexibility index (Phi) is 5.35. The van der Waals surface area contributed by atoms with Gasteiger partial charge in [-0.15, -0.1) is 0 Å². The van der Waals surface area contributed by atoms with Crippen molar-refractivity contribution in [2.75, 3.05) is 13.6 Å². The number of hydrogen-bond acceptors (Lipinski definition) is 2. The van der Waals surface area contributed by atoms with Gasteiger partial charge >= 0.3 is 0 Å². The predicted octanol–water partition coefficient (Wildman–Crippen LogP) is 1.33. The van der Waals surface area contributed by atoms with Crippen molar-refractivity contribution in [1.82, 2.24) is 4.90 Å². The Morgan fingerprint density at radius 2 is 2.00 bits per heavy atom. The first-order chi connectivity index (χ1) is 6.04. The first-order valence-corrected chi connectivity index (χ1v) is 4.73. The fourth-order valence-corrected chi connectivity index (χ4v) is 1.20. The highest BCUT2D eigenvalue weighted by molar-refractivity contribution is 5.81. The molecule has 3 heteroatoms. The second kappa shape index (κ2) is 5.73. The Hall–Kier alpha value is -0.860. The lowest BCUT2D eigenvalue weighted by Gasteiger charge is -2.23. The minimum absolute atomic E-state index is 0.0737. The van der Waals surface area contributed by atoms with Crippen molar-refractivity contribution in [2.45, 2.75) is 27.2 Å². The number of carbonyl (C=O) groups is 2. The van der Waals surface area contributed by atoms with Crippen LogP contribution in [0.3, 0.4) is 0 Å². The lowest BCUT2D eigenvalue weighted by molar-refractivity contribution is -0.136. The second-order valence-electron chi connectivity index (χ2n) is 3.61. The molecule has 0 aliphatic rings. The highest BCUT2D eigenvalue weighted by Gasteiger charge is 2.23. The molecular formula is C10H19NO2. The van der Waals surface area contributed by atoms with Gasteiger partial charge < -0.3 is 9.69 Å². The Bertz CT molecular complexity index is 178. The van der Waals surface area contributed by atoms with Crippen LogP contribution in [0.5, 0.6) is 0 Å². The molecule has 3 nitrogen and oxygen atoms in total. The van der Waals surface area contributed by atoms with E-state index in [1.54, 1.807) is 11.9 Å². The first kappa shape index (κ1) is 12.1. The molecule has 76 valence electrons. The Balaban J connectivity index is 4.35. The third-order valence-electron chi connectivity index (χ3n) is 2.32. The van der Waals surface area contributed by atoms with E-state index in [1.165, 1.54) is 0 Å². The van der Waals surface area contributed by atoms with Crippen LogP contribution in [0.25, 0.3) is 0 Å². The number of aldehydes is 1. The smallest absolute Gasteiger partial charge is 0.226 e. The number of nitrogens with zero attached hydrogens (tertiary/aromatic N) is 1. The van der Waals surface area contributed by atoms with Crippen molar-refractivity contribution in [3.05, 3.63) is 0 Å². The summed E-state index contributed by atoms with van der Waals surface area (Å²) in [6, 6.07) is 0. The van der Waals surface area contributed by atoms with E-state index in [4.69, 9.17) is 0 Å². The quantitative estimate of drug-likeness (QED) is 0.606. The molecule has 0 heterocycles. The molecule has 0 aromatic rings. The summed E-state index contributed by atoms with van der Waals surface area (Å²) in [5.74, 6) is 0.152. The molecule has 13 heavy (non-hydrogen) atoms. The zero-order chi connectivity index (χ0) is 10.4. The number of rotatable bonds is 5. The minimum atomic E-state index is -0.151. The topological polar surface area (TPSA) is 37.4 Å². The van der Waals surface area contributed by atoms with E-state index in [0.717, 1.165) is 6.29 Å². The fraction of sp³-hybridized carbons (Fsp3) is 0.800. The van der Waals surface area contributed by atoms with Gasteiger partial charge in [0, 0.05) is 25.9 Å². The molecule has 0 N–H and O–H groups in total. The van der Waals surface area contributed by atoms with Gasteiger partial charge in [0.05, 0.1) is 0 Å². The average Bonchev–Trinajstić information content (AvgIpc) is 2.11. The Labute approximate surface area is 80.1 Å². The molecule has 0 aromatic carbocycles. The summed E-state index contributed by atoms with van der Waals surface area (Å²) in [5.41, 5.74) is 0. The molecule has 0 saturated heterocycles. The van der Waals surface area contributed by atoms with Crippen LogP contribution in [0.15, 0.2) is 0 Å². The predicted molar refractivity (Wildman–Crippen MR) is 52.3 cm³/mol. The van der Waals surface area contributed by atoms with E-state index in [1.807, 2.05) is 20.8 Å². The van der Waals surface area contributed by atoms with E-state index in [-0.39, 0.29) is 17.7 Å². The minimum Gasteiger partial charge on any atom is -0.346 e. The lowest BCUT2D eigenvalue weighted by Crippen LogP contribution is -2.35. The van der Waals surface area contributed by atoms with Gasteiger partial charge in [0.15, 0.2) is 0 Å². The summed E-state index contributed by atoms with van der Waals surface area (Å²) >= 11 is 0. The second-order valence-corrected chi connectivity index (χ2v) is 3.61. The average molecular weight is 185 g/mol. The monoisotopic (exact) mass is 185 g/mol. The Morgan fingerprint density at radius 1 is 1.46 bits per heavy atom. The molecule has 0 spiro atoms. The summed E-state index contributed by atoms with van der Waals surface area (Å²) in [6.07, 6.45) is 1.16. The summed E-state index contributed by atoms with van der Waals surface area (Å²) in [5, 5.41) is 0. The molecule has 0 fully saturated rings. The van der Waals surface area contributed by atoms with Crippen molar-refractivity contribution in [2.24, 2.45) is 11.8 Å². The van der Waals surface area contributed by atoms with Gasteiger partial charge in [-0.1, -0.05) is 13.8 Å². The van der Waals surface area contributed by atoms with Crippen LogP contribution in [0, 0.1) is 11.8 Å². The summed E-state index contributed by atoms with van der Waals surface area (Å²) in [6.45, 7) is 6.56. The van der Waals surface area contributed by atoms with E-state index < -0.39 is 0 Å². The van der Waals surface area contributed by atoms with Crippen LogP contribution in [-0.2, 0) is 9.59 Å². The van der Waals surface area contributed by atoms with E-state index in [9.17, 15) is 9.59 Å². The molecule has 0 aliphatic heterocycles. The molecule has 0 bridgehead atoms. The van der Waals surface area contributed by atoms with Crippen molar-refractivity contribution in [3.63, 3.8) is 0 Å². The van der Waals surface area contributed by atoms with E-state index >= 15 is 0 Å². The van der Waals surface area contributed by atoms with Gasteiger partial charge in [-0.2, -0.15) is 0 Å². The van der Waals surface area contributed by atoms with Crippen LogP contribution < -0.4 is 0 Å². The maximum absolute atomic E-state index is 11.7. The zero-order valence-corrected chi connectivity index (χ0v) is 8.91. The van der Waals surface area contributed by atoms with Crippen molar-refractivity contribution < 1.29 is 9.59 Å². The van der Waals surface area contributed by atoms with Crippen molar-refractivity contribution >= 4 is 12.2 Å². The molecule has 0 rings (SSSR count). The first-order valence-electron chi connectivity index (χ1n) is 4.73. The van der Waals surface area contributed by atoms with Gasteiger partial charge in [0.2, 0.25) is 5.91 Å². The maximum atomic E-state index is 11.7. The summed E-state index contributed by atoms with van der Waals surface area (Å²) < 4.78 is 0. The van der Waals surface area contributed by atoms with E-state index in [0.29, 0.717) is 13.0 Å². The molecule has 0 radical (unpaired) electrons. The molecule has 0 aromatic heterocycles. The normalized spacial score (nSPS) is 12.7. The lowest BCUT2D eigenvalue weighted by atomic mass is 9.92. The van der Waals surface area contributed by atoms with Crippen molar-refractivity contribution in [1.29, 1.82) is 0 Å². The van der Waals surface area contributed by atoms with Gasteiger partial charge in [0.25, 0.3) is 0 Å². The maximum Gasteiger partial charge on any atom is 0.226 e. The summed E-state index contributed by atoms with van der Waals surface area (Å²) in [4.78, 5) is 23.7. The van der Waals surface area contributed by atoms with Gasteiger partial charge in [0.1, 0.15) is 6.29 Å². The van der Waals surface area contributed by atoms with Crippen LogP contribution in [0.2, 0.25) is 0 Å². The van der Waals surface area contributed by atoms with Crippen LogP contribution >= 0.6 is 0 Å². The molecular weight excluding hydrogens is 166 g/mol. The molecule has 1 unspecified atom stereocenters. The summed E-state index contributed by atoms with van der Waals surface area (Å²) in [7, 11) is 1.77. The highest BCUT2D eigenvalue weighted by atomic mass is 16.2. The zero-order valence-electron chi connectivity index (χ0n) is 8.91. The van der Waals surface area contributed by atoms with E-state index in [2.05, 4.69) is 0 Å². The molecule has 0 saturated carbocycles. The largest absolute Gasteiger partial charge is 0.346 e. The number of hydrogen-bond donors (Lipinski definition) is 0. The van der Waals surface area contributed by atoms with Crippen LogP contribution in [0.4, 0.5) is 0 Å².